The van der Waals surface area contributed by atoms with Crippen LogP contribution in [0.25, 0.3) is 0 Å². The summed E-state index contributed by atoms with van der Waals surface area (Å²) in [5, 5.41) is 0. The molecule has 0 saturated carbocycles. The number of ether oxygens (including phenoxy) is 1. The van der Waals surface area contributed by atoms with Crippen LogP contribution in [0.1, 0.15) is 12.0 Å². The van der Waals surface area contributed by atoms with Crippen molar-refractivity contribution in [2.75, 3.05) is 13.7 Å². The average molecular weight is 270 g/mol. The Kier molecular flexibility index (Phi) is 5.08. The van der Waals surface area contributed by atoms with Gasteiger partial charge < -0.3 is 4.74 Å². The van der Waals surface area contributed by atoms with E-state index >= 15 is 0 Å². The Balaban J connectivity index is 2.55. The second-order valence-corrected chi connectivity index (χ2v) is 3.90. The first kappa shape index (κ1) is 12.0. The zero-order chi connectivity index (χ0) is 11.1. The van der Waals surface area contributed by atoms with Crippen LogP contribution in [0.4, 0.5) is 0 Å². The number of carbonyl (C=O) groups excluding carboxylic acids is 1. The van der Waals surface area contributed by atoms with Crippen LogP contribution >= 0.6 is 15.9 Å². The lowest BCUT2D eigenvalue weighted by Gasteiger charge is -2.05. The fraction of sp³-hybridized carbons (Fsp3) is 0.364. The van der Waals surface area contributed by atoms with E-state index in [2.05, 4.69) is 20.9 Å². The Labute approximate surface area is 97.3 Å². The van der Waals surface area contributed by atoms with E-state index in [0.29, 0.717) is 6.54 Å². The highest BCUT2D eigenvalue weighted by atomic mass is 79.9. The Morgan fingerprint density at radius 2 is 2.33 bits per heavy atom. The van der Waals surface area contributed by atoms with E-state index in [1.165, 1.54) is 11.6 Å². The van der Waals surface area contributed by atoms with Crippen molar-refractivity contribution < 1.29 is 9.53 Å². The first-order chi connectivity index (χ1) is 7.27. The zero-order valence-corrected chi connectivity index (χ0v) is 10.1. The highest BCUT2D eigenvalue weighted by molar-refractivity contribution is 9.10. The number of rotatable bonds is 5. The molecule has 0 heterocycles. The van der Waals surface area contributed by atoms with Gasteiger partial charge in [0.25, 0.3) is 0 Å². The lowest BCUT2D eigenvalue weighted by molar-refractivity contribution is 0.412. The normalized spacial score (nSPS) is 9.47. The van der Waals surface area contributed by atoms with Crippen LogP contribution in [-0.2, 0) is 11.2 Å². The molecule has 0 radical (unpaired) electrons. The van der Waals surface area contributed by atoms with E-state index in [0.717, 1.165) is 23.1 Å². The van der Waals surface area contributed by atoms with E-state index in [4.69, 9.17) is 4.74 Å². The topological polar surface area (TPSA) is 38.7 Å². The van der Waals surface area contributed by atoms with E-state index in [9.17, 15) is 4.79 Å². The van der Waals surface area contributed by atoms with E-state index in [1.807, 2.05) is 18.2 Å². The summed E-state index contributed by atoms with van der Waals surface area (Å²) in [6.07, 6.45) is 3.28. The van der Waals surface area contributed by atoms with Crippen LogP contribution in [-0.4, -0.2) is 19.7 Å². The van der Waals surface area contributed by atoms with E-state index < -0.39 is 0 Å². The van der Waals surface area contributed by atoms with Crippen molar-refractivity contribution in [3.63, 3.8) is 0 Å². The van der Waals surface area contributed by atoms with Gasteiger partial charge >= 0.3 is 0 Å². The van der Waals surface area contributed by atoms with Gasteiger partial charge in [-0.05, 0) is 46.5 Å². The summed E-state index contributed by atoms with van der Waals surface area (Å²) < 4.78 is 6.07. The molecule has 1 rings (SSSR count). The van der Waals surface area contributed by atoms with Gasteiger partial charge in [0.05, 0.1) is 18.1 Å². The molecule has 0 aliphatic heterocycles. The summed E-state index contributed by atoms with van der Waals surface area (Å²) in [7, 11) is 1.64. The minimum absolute atomic E-state index is 0.535. The molecule has 0 spiro atoms. The molecule has 0 fully saturated rings. The molecule has 4 heteroatoms. The van der Waals surface area contributed by atoms with Crippen LogP contribution in [0.15, 0.2) is 27.7 Å². The number of hydrogen-bond acceptors (Lipinski definition) is 3. The van der Waals surface area contributed by atoms with Crippen LogP contribution in [0.3, 0.4) is 0 Å². The van der Waals surface area contributed by atoms with Crippen LogP contribution in [0, 0.1) is 0 Å². The number of hydrogen-bond donors (Lipinski definition) is 0. The lowest BCUT2D eigenvalue weighted by Crippen LogP contribution is -1.90. The minimum atomic E-state index is 0.535. The van der Waals surface area contributed by atoms with Crippen molar-refractivity contribution in [3.8, 4) is 5.75 Å². The van der Waals surface area contributed by atoms with Gasteiger partial charge in [0.15, 0.2) is 0 Å². The van der Waals surface area contributed by atoms with Crippen molar-refractivity contribution in [1.82, 2.24) is 0 Å². The Hall–Kier alpha value is -1.12. The van der Waals surface area contributed by atoms with Crippen molar-refractivity contribution in [2.45, 2.75) is 12.8 Å². The Morgan fingerprint density at radius 1 is 1.53 bits per heavy atom. The fourth-order valence-electron chi connectivity index (χ4n) is 1.27. The third kappa shape index (κ3) is 3.86. The third-order valence-electron chi connectivity index (χ3n) is 2.02. The number of nitrogens with zero attached hydrogens (tertiary/aromatic N) is 1. The van der Waals surface area contributed by atoms with Gasteiger partial charge in [-0.25, -0.2) is 9.79 Å². The summed E-state index contributed by atoms with van der Waals surface area (Å²) in [6, 6.07) is 5.94. The van der Waals surface area contributed by atoms with Gasteiger partial charge in [0, 0.05) is 0 Å². The molecule has 3 nitrogen and oxygen atoms in total. The lowest BCUT2D eigenvalue weighted by atomic mass is 10.1. The molecular formula is C11H12BrNO2. The number of aliphatic imine (C=N–C) groups is 1. The van der Waals surface area contributed by atoms with Gasteiger partial charge in [-0.15, -0.1) is 0 Å². The van der Waals surface area contributed by atoms with Gasteiger partial charge in [-0.1, -0.05) is 6.07 Å². The molecule has 0 atom stereocenters. The molecule has 0 aliphatic rings. The minimum Gasteiger partial charge on any atom is -0.496 e. The predicted molar refractivity (Wildman–Crippen MR) is 62.0 cm³/mol. The summed E-state index contributed by atoms with van der Waals surface area (Å²) >= 11 is 3.42. The van der Waals surface area contributed by atoms with Crippen molar-refractivity contribution in [3.05, 3.63) is 28.2 Å². The Morgan fingerprint density at radius 3 is 2.93 bits per heavy atom. The van der Waals surface area contributed by atoms with Crippen LogP contribution < -0.4 is 4.74 Å². The van der Waals surface area contributed by atoms with Crippen LogP contribution in [0.2, 0.25) is 0 Å². The number of halogens is 1. The maximum Gasteiger partial charge on any atom is 0.234 e. The van der Waals surface area contributed by atoms with Gasteiger partial charge in [0.2, 0.25) is 6.08 Å². The molecule has 0 unspecified atom stereocenters. The SMILES string of the molecule is COc1ccc(CCCN=C=O)cc1Br. The summed E-state index contributed by atoms with van der Waals surface area (Å²) in [6.45, 7) is 0.535. The zero-order valence-electron chi connectivity index (χ0n) is 8.50. The van der Waals surface area contributed by atoms with E-state index in [1.54, 1.807) is 7.11 Å². The molecule has 0 bridgehead atoms. The number of methoxy groups -OCH3 is 1. The number of aryl methyl sites for hydroxylation is 1. The van der Waals surface area contributed by atoms with Crippen LogP contribution in [0.5, 0.6) is 5.75 Å². The molecule has 80 valence electrons. The molecule has 0 aromatic heterocycles. The number of isocyanates is 1. The maximum atomic E-state index is 9.84. The third-order valence-corrected chi connectivity index (χ3v) is 2.64. The molecule has 1 aromatic carbocycles. The molecular weight excluding hydrogens is 258 g/mol. The largest absolute Gasteiger partial charge is 0.496 e. The fourth-order valence-corrected chi connectivity index (χ4v) is 1.86. The smallest absolute Gasteiger partial charge is 0.234 e. The molecule has 0 saturated heterocycles. The highest BCUT2D eigenvalue weighted by Gasteiger charge is 2.00. The summed E-state index contributed by atoms with van der Waals surface area (Å²) in [4.78, 5) is 13.3. The molecule has 0 aliphatic carbocycles. The van der Waals surface area contributed by atoms with Crippen molar-refractivity contribution in [2.24, 2.45) is 4.99 Å². The Bertz CT molecular complexity index is 373. The summed E-state index contributed by atoms with van der Waals surface area (Å²) in [5.74, 6) is 0.824. The second-order valence-electron chi connectivity index (χ2n) is 3.05. The quantitative estimate of drug-likeness (QED) is 0.469. The van der Waals surface area contributed by atoms with Gasteiger partial charge in [-0.2, -0.15) is 0 Å². The first-order valence-corrected chi connectivity index (χ1v) is 5.43. The molecule has 0 N–H and O–H groups in total. The molecule has 0 amide bonds. The monoisotopic (exact) mass is 269 g/mol. The first-order valence-electron chi connectivity index (χ1n) is 4.64. The van der Waals surface area contributed by atoms with Gasteiger partial charge in [0.1, 0.15) is 5.75 Å². The number of benzene rings is 1. The van der Waals surface area contributed by atoms with Gasteiger partial charge in [-0.3, -0.25) is 0 Å². The molecule has 15 heavy (non-hydrogen) atoms. The predicted octanol–water partition coefficient (Wildman–Crippen LogP) is 2.73. The standard InChI is InChI=1S/C11H12BrNO2/c1-15-11-5-4-9(7-10(11)12)3-2-6-13-8-14/h4-5,7H,2-3,6H2,1H3. The second kappa shape index (κ2) is 6.38. The van der Waals surface area contributed by atoms with Crippen molar-refractivity contribution in [1.29, 1.82) is 0 Å². The van der Waals surface area contributed by atoms with Crippen molar-refractivity contribution >= 4 is 22.0 Å². The highest BCUT2D eigenvalue weighted by Crippen LogP contribution is 2.25. The average Bonchev–Trinajstić information content (AvgIpc) is 2.25. The maximum absolute atomic E-state index is 9.84. The summed E-state index contributed by atoms with van der Waals surface area (Å²) in [5.41, 5.74) is 1.20. The van der Waals surface area contributed by atoms with E-state index in [-0.39, 0.29) is 0 Å². The molecule has 1 aromatic rings.